The summed E-state index contributed by atoms with van der Waals surface area (Å²) in [7, 11) is 0. The number of hydrogen-bond donors (Lipinski definition) is 2. The molecule has 0 spiro atoms. The van der Waals surface area contributed by atoms with Gasteiger partial charge in [-0.25, -0.2) is 9.97 Å². The van der Waals surface area contributed by atoms with Gasteiger partial charge in [0, 0.05) is 18.2 Å². The highest BCUT2D eigenvalue weighted by Crippen LogP contribution is 2.21. The van der Waals surface area contributed by atoms with Crippen molar-refractivity contribution in [2.45, 2.75) is 25.7 Å². The first-order valence-electron chi connectivity index (χ1n) is 7.04. The molecule has 5 heteroatoms. The summed E-state index contributed by atoms with van der Waals surface area (Å²) in [5, 5.41) is 6.58. The molecule has 1 fully saturated rings. The number of pyridine rings is 1. The lowest BCUT2D eigenvalue weighted by Crippen LogP contribution is -2.28. The SMILES string of the molecule is Cc1cccc(Nc2cnc([C@@H]3CCCNC3)cn2)n1. The molecule has 1 aliphatic heterocycles. The normalized spacial score (nSPS) is 18.8. The van der Waals surface area contributed by atoms with Crippen molar-refractivity contribution >= 4 is 11.6 Å². The van der Waals surface area contributed by atoms with Crippen LogP contribution in [0.1, 0.15) is 30.1 Å². The third kappa shape index (κ3) is 3.11. The van der Waals surface area contributed by atoms with Crippen LogP contribution < -0.4 is 10.6 Å². The van der Waals surface area contributed by atoms with Gasteiger partial charge in [0.2, 0.25) is 0 Å². The molecule has 0 saturated carbocycles. The summed E-state index contributed by atoms with van der Waals surface area (Å²) < 4.78 is 0. The number of aryl methyl sites for hydroxylation is 1. The van der Waals surface area contributed by atoms with Crippen LogP contribution in [0.2, 0.25) is 0 Å². The Morgan fingerprint density at radius 1 is 1.20 bits per heavy atom. The van der Waals surface area contributed by atoms with Crippen LogP contribution in [0.3, 0.4) is 0 Å². The van der Waals surface area contributed by atoms with Gasteiger partial charge in [-0.2, -0.15) is 0 Å². The molecule has 0 aromatic carbocycles. The predicted molar refractivity (Wildman–Crippen MR) is 79.1 cm³/mol. The molecule has 1 atom stereocenters. The van der Waals surface area contributed by atoms with Gasteiger partial charge in [-0.05, 0) is 38.4 Å². The second-order valence-electron chi connectivity index (χ2n) is 5.16. The van der Waals surface area contributed by atoms with E-state index in [1.54, 1.807) is 6.20 Å². The lowest BCUT2D eigenvalue weighted by molar-refractivity contribution is 0.454. The molecule has 0 unspecified atom stereocenters. The summed E-state index contributed by atoms with van der Waals surface area (Å²) in [6.07, 6.45) is 6.05. The monoisotopic (exact) mass is 269 g/mol. The topological polar surface area (TPSA) is 62.7 Å². The minimum absolute atomic E-state index is 0.488. The van der Waals surface area contributed by atoms with Crippen molar-refractivity contribution in [3.05, 3.63) is 42.0 Å². The van der Waals surface area contributed by atoms with Gasteiger partial charge in [0.25, 0.3) is 0 Å². The number of nitrogens with zero attached hydrogens (tertiary/aromatic N) is 3. The van der Waals surface area contributed by atoms with E-state index in [1.807, 2.05) is 31.3 Å². The fourth-order valence-corrected chi connectivity index (χ4v) is 2.46. The summed E-state index contributed by atoms with van der Waals surface area (Å²) in [6.45, 7) is 4.08. The third-order valence-corrected chi connectivity index (χ3v) is 3.53. The highest BCUT2D eigenvalue weighted by Gasteiger charge is 2.16. The van der Waals surface area contributed by atoms with Crippen LogP contribution in [-0.4, -0.2) is 28.0 Å². The molecule has 1 aliphatic rings. The Hall–Kier alpha value is -2.01. The van der Waals surface area contributed by atoms with Gasteiger partial charge >= 0.3 is 0 Å². The maximum atomic E-state index is 4.53. The van der Waals surface area contributed by atoms with Crippen LogP contribution in [-0.2, 0) is 0 Å². The first-order valence-corrected chi connectivity index (χ1v) is 7.04. The number of piperidine rings is 1. The summed E-state index contributed by atoms with van der Waals surface area (Å²) >= 11 is 0. The van der Waals surface area contributed by atoms with Crippen molar-refractivity contribution in [1.82, 2.24) is 20.3 Å². The van der Waals surface area contributed by atoms with E-state index in [2.05, 4.69) is 25.6 Å². The number of aromatic nitrogens is 3. The first-order chi connectivity index (χ1) is 9.81. The summed E-state index contributed by atoms with van der Waals surface area (Å²) in [4.78, 5) is 13.4. The fourth-order valence-electron chi connectivity index (χ4n) is 2.46. The quantitative estimate of drug-likeness (QED) is 0.896. The lowest BCUT2D eigenvalue weighted by Gasteiger charge is -2.21. The Kier molecular flexibility index (Phi) is 3.87. The minimum Gasteiger partial charge on any atom is -0.324 e. The summed E-state index contributed by atoms with van der Waals surface area (Å²) in [5.74, 6) is 2.02. The van der Waals surface area contributed by atoms with Crippen molar-refractivity contribution in [3.8, 4) is 0 Å². The molecule has 3 heterocycles. The molecule has 2 N–H and O–H groups in total. The van der Waals surface area contributed by atoms with Crippen LogP contribution >= 0.6 is 0 Å². The Morgan fingerprint density at radius 3 is 2.85 bits per heavy atom. The van der Waals surface area contributed by atoms with E-state index >= 15 is 0 Å². The average Bonchev–Trinajstić information content (AvgIpc) is 2.49. The smallest absolute Gasteiger partial charge is 0.150 e. The fraction of sp³-hybridized carbons (Fsp3) is 0.400. The second-order valence-corrected chi connectivity index (χ2v) is 5.16. The Balaban J connectivity index is 1.69. The zero-order valence-electron chi connectivity index (χ0n) is 11.6. The van der Waals surface area contributed by atoms with Crippen LogP contribution in [0.15, 0.2) is 30.6 Å². The van der Waals surface area contributed by atoms with E-state index < -0.39 is 0 Å². The zero-order chi connectivity index (χ0) is 13.8. The molecule has 5 nitrogen and oxygen atoms in total. The van der Waals surface area contributed by atoms with E-state index in [0.29, 0.717) is 5.92 Å². The van der Waals surface area contributed by atoms with E-state index in [4.69, 9.17) is 0 Å². The molecule has 0 bridgehead atoms. The van der Waals surface area contributed by atoms with Gasteiger partial charge in [0.15, 0.2) is 0 Å². The van der Waals surface area contributed by atoms with Gasteiger partial charge in [-0.1, -0.05) is 6.07 Å². The Bertz CT molecular complexity index is 561. The van der Waals surface area contributed by atoms with Crippen LogP contribution in [0, 0.1) is 6.92 Å². The van der Waals surface area contributed by atoms with Gasteiger partial charge in [-0.15, -0.1) is 0 Å². The maximum absolute atomic E-state index is 4.53. The molecule has 1 saturated heterocycles. The first kappa shape index (κ1) is 13.0. The molecule has 2 aromatic rings. The van der Waals surface area contributed by atoms with E-state index in [1.165, 1.54) is 12.8 Å². The van der Waals surface area contributed by atoms with Crippen LogP contribution in [0.4, 0.5) is 11.6 Å². The van der Waals surface area contributed by atoms with Crippen molar-refractivity contribution in [2.75, 3.05) is 18.4 Å². The number of anilines is 2. The molecule has 104 valence electrons. The minimum atomic E-state index is 0.488. The van der Waals surface area contributed by atoms with Crippen molar-refractivity contribution < 1.29 is 0 Å². The highest BCUT2D eigenvalue weighted by molar-refractivity contribution is 5.50. The third-order valence-electron chi connectivity index (χ3n) is 3.53. The van der Waals surface area contributed by atoms with Gasteiger partial charge in [0.1, 0.15) is 11.6 Å². The van der Waals surface area contributed by atoms with E-state index in [0.717, 1.165) is 36.1 Å². The largest absolute Gasteiger partial charge is 0.324 e. The average molecular weight is 269 g/mol. The predicted octanol–water partition coefficient (Wildman–Crippen LogP) is 2.39. The number of rotatable bonds is 3. The summed E-state index contributed by atoms with van der Waals surface area (Å²) in [6, 6.07) is 5.86. The molecular weight excluding hydrogens is 250 g/mol. The van der Waals surface area contributed by atoms with Crippen molar-refractivity contribution in [3.63, 3.8) is 0 Å². The number of hydrogen-bond acceptors (Lipinski definition) is 5. The van der Waals surface area contributed by atoms with E-state index in [9.17, 15) is 0 Å². The molecule has 0 radical (unpaired) electrons. The van der Waals surface area contributed by atoms with Crippen LogP contribution in [0.25, 0.3) is 0 Å². The maximum Gasteiger partial charge on any atom is 0.150 e. The van der Waals surface area contributed by atoms with Crippen molar-refractivity contribution in [1.29, 1.82) is 0 Å². The molecule has 0 aliphatic carbocycles. The Morgan fingerprint density at radius 2 is 2.15 bits per heavy atom. The van der Waals surface area contributed by atoms with Gasteiger partial charge in [-0.3, -0.25) is 4.98 Å². The standard InChI is InChI=1S/C15H19N5/c1-11-4-2-6-14(19-11)20-15-10-17-13(9-18-15)12-5-3-7-16-8-12/h2,4,6,9-10,12,16H,3,5,7-8H2,1H3,(H,18,19,20)/t12-/m1/s1. The van der Waals surface area contributed by atoms with Crippen LogP contribution in [0.5, 0.6) is 0 Å². The molecular formula is C15H19N5. The van der Waals surface area contributed by atoms with Gasteiger partial charge < -0.3 is 10.6 Å². The van der Waals surface area contributed by atoms with E-state index in [-0.39, 0.29) is 0 Å². The second kappa shape index (κ2) is 5.96. The molecule has 2 aromatic heterocycles. The molecule has 3 rings (SSSR count). The highest BCUT2D eigenvalue weighted by atomic mass is 15.1. The number of nitrogens with one attached hydrogen (secondary N) is 2. The van der Waals surface area contributed by atoms with Crippen molar-refractivity contribution in [2.24, 2.45) is 0 Å². The lowest BCUT2D eigenvalue weighted by atomic mass is 9.97. The zero-order valence-corrected chi connectivity index (χ0v) is 11.6. The summed E-state index contributed by atoms with van der Waals surface area (Å²) in [5.41, 5.74) is 2.05. The molecule has 0 amide bonds. The molecule has 20 heavy (non-hydrogen) atoms. The Labute approximate surface area is 118 Å². The van der Waals surface area contributed by atoms with Gasteiger partial charge in [0.05, 0.1) is 18.1 Å².